The molecule has 0 atom stereocenters. The summed E-state index contributed by atoms with van der Waals surface area (Å²) in [6, 6.07) is 16.7. The van der Waals surface area contributed by atoms with Crippen molar-refractivity contribution < 1.29 is 9.26 Å². The monoisotopic (exact) mass is 354 g/mol. The molecule has 0 spiro atoms. The Morgan fingerprint density at radius 1 is 0.875 bits per heavy atom. The van der Waals surface area contributed by atoms with Crippen LogP contribution in [0.4, 0.5) is 0 Å². The lowest BCUT2D eigenvalue weighted by Crippen LogP contribution is -1.85. The topological polar surface area (TPSA) is 48.2 Å². The van der Waals surface area contributed by atoms with Crippen LogP contribution in [-0.2, 0) is 0 Å². The van der Waals surface area contributed by atoms with Gasteiger partial charge in [-0.2, -0.15) is 16.3 Å². The third kappa shape index (κ3) is 3.18. The van der Waals surface area contributed by atoms with Crippen molar-refractivity contribution >= 4 is 22.9 Å². The van der Waals surface area contributed by atoms with Gasteiger partial charge in [0, 0.05) is 16.0 Å². The number of nitrogens with zero attached hydrogens (tertiary/aromatic N) is 2. The molecule has 0 saturated heterocycles. The first kappa shape index (κ1) is 14.9. The number of hydrogen-bond donors (Lipinski definition) is 0. The Kier molecular flexibility index (Phi) is 4.02. The van der Waals surface area contributed by atoms with Crippen molar-refractivity contribution in [1.29, 1.82) is 0 Å². The Morgan fingerprint density at radius 3 is 2.25 bits per heavy atom. The van der Waals surface area contributed by atoms with Crippen LogP contribution in [0.15, 0.2) is 69.9 Å². The molecule has 0 N–H and O–H groups in total. The molecule has 0 unspecified atom stereocenters. The number of hydrogen-bond acceptors (Lipinski definition) is 5. The van der Waals surface area contributed by atoms with E-state index in [-0.39, 0.29) is 0 Å². The van der Waals surface area contributed by atoms with E-state index < -0.39 is 0 Å². The fourth-order valence-corrected chi connectivity index (χ4v) is 2.91. The molecule has 0 saturated carbocycles. The first-order chi connectivity index (χ1) is 11.8. The molecule has 0 bridgehead atoms. The Hall–Kier alpha value is -2.63. The summed E-state index contributed by atoms with van der Waals surface area (Å²) in [4.78, 5) is 4.42. The molecular formula is C18H11ClN2O2S. The minimum atomic E-state index is 0.521. The van der Waals surface area contributed by atoms with E-state index in [1.54, 1.807) is 23.5 Å². The van der Waals surface area contributed by atoms with Crippen molar-refractivity contribution in [3.63, 3.8) is 0 Å². The van der Waals surface area contributed by atoms with Crippen LogP contribution in [0.3, 0.4) is 0 Å². The molecule has 0 aliphatic rings. The van der Waals surface area contributed by atoms with E-state index in [9.17, 15) is 0 Å². The van der Waals surface area contributed by atoms with Gasteiger partial charge in [0.25, 0.3) is 5.89 Å². The van der Waals surface area contributed by atoms with Gasteiger partial charge in [-0.3, -0.25) is 0 Å². The van der Waals surface area contributed by atoms with Crippen molar-refractivity contribution in [2.45, 2.75) is 0 Å². The average Bonchev–Trinajstić information content (AvgIpc) is 3.29. The van der Waals surface area contributed by atoms with Crippen molar-refractivity contribution in [2.75, 3.05) is 0 Å². The smallest absolute Gasteiger partial charge is 0.259 e. The van der Waals surface area contributed by atoms with E-state index >= 15 is 0 Å². The number of benzene rings is 2. The predicted octanol–water partition coefficient (Wildman–Crippen LogP) is 5.91. The summed E-state index contributed by atoms with van der Waals surface area (Å²) in [6.45, 7) is 0. The molecule has 118 valence electrons. The number of halogens is 1. The first-order valence-electron chi connectivity index (χ1n) is 7.18. The zero-order valence-electron chi connectivity index (χ0n) is 12.3. The molecule has 2 aromatic heterocycles. The average molecular weight is 355 g/mol. The molecule has 4 rings (SSSR count). The standard InChI is InChI=1S/C18H11ClN2O2S/c19-14-3-7-16(8-4-14)22-15-5-1-12(2-6-15)17-20-18(23-21-17)13-9-10-24-11-13/h1-11H. The molecular weight excluding hydrogens is 344 g/mol. The van der Waals surface area contributed by atoms with Crippen LogP contribution in [0.1, 0.15) is 0 Å². The lowest BCUT2D eigenvalue weighted by molar-refractivity contribution is 0.432. The fourth-order valence-electron chi connectivity index (χ4n) is 2.15. The second-order valence-electron chi connectivity index (χ2n) is 5.02. The van der Waals surface area contributed by atoms with Gasteiger partial charge in [0.05, 0.1) is 5.56 Å². The third-order valence-electron chi connectivity index (χ3n) is 3.36. The van der Waals surface area contributed by atoms with Gasteiger partial charge in [0.15, 0.2) is 0 Å². The Morgan fingerprint density at radius 2 is 1.58 bits per heavy atom. The molecule has 2 aromatic carbocycles. The second kappa shape index (κ2) is 6.47. The van der Waals surface area contributed by atoms with Gasteiger partial charge in [-0.05, 0) is 60.0 Å². The van der Waals surface area contributed by atoms with Crippen LogP contribution >= 0.6 is 22.9 Å². The minimum Gasteiger partial charge on any atom is -0.457 e. The Bertz CT molecular complexity index is 932. The maximum Gasteiger partial charge on any atom is 0.259 e. The Labute approximate surface area is 147 Å². The Balaban J connectivity index is 1.52. The van der Waals surface area contributed by atoms with Crippen LogP contribution < -0.4 is 4.74 Å². The van der Waals surface area contributed by atoms with Gasteiger partial charge in [0.2, 0.25) is 5.82 Å². The highest BCUT2D eigenvalue weighted by atomic mass is 35.5. The normalized spacial score (nSPS) is 10.7. The molecule has 0 radical (unpaired) electrons. The largest absolute Gasteiger partial charge is 0.457 e. The van der Waals surface area contributed by atoms with Crippen molar-refractivity contribution in [2.24, 2.45) is 0 Å². The van der Waals surface area contributed by atoms with E-state index in [1.807, 2.05) is 53.2 Å². The van der Waals surface area contributed by atoms with Crippen LogP contribution in [0.2, 0.25) is 5.02 Å². The van der Waals surface area contributed by atoms with Crippen LogP contribution in [0.25, 0.3) is 22.8 Å². The van der Waals surface area contributed by atoms with Gasteiger partial charge >= 0.3 is 0 Å². The highest BCUT2D eigenvalue weighted by molar-refractivity contribution is 7.08. The van der Waals surface area contributed by atoms with Gasteiger partial charge in [-0.25, -0.2) is 0 Å². The molecule has 24 heavy (non-hydrogen) atoms. The quantitative estimate of drug-likeness (QED) is 0.457. The van der Waals surface area contributed by atoms with Gasteiger partial charge in [0.1, 0.15) is 11.5 Å². The first-order valence-corrected chi connectivity index (χ1v) is 8.50. The molecule has 6 heteroatoms. The highest BCUT2D eigenvalue weighted by Gasteiger charge is 2.11. The van der Waals surface area contributed by atoms with E-state index in [0.29, 0.717) is 16.7 Å². The number of ether oxygens (including phenoxy) is 1. The summed E-state index contributed by atoms with van der Waals surface area (Å²) in [5.74, 6) is 2.52. The van der Waals surface area contributed by atoms with Crippen LogP contribution in [-0.4, -0.2) is 10.1 Å². The zero-order valence-corrected chi connectivity index (χ0v) is 13.9. The van der Waals surface area contributed by atoms with Crippen molar-refractivity contribution in [1.82, 2.24) is 10.1 Å². The fraction of sp³-hybridized carbons (Fsp3) is 0. The maximum atomic E-state index is 5.86. The van der Waals surface area contributed by atoms with Gasteiger partial charge in [-0.15, -0.1) is 0 Å². The van der Waals surface area contributed by atoms with E-state index in [1.165, 1.54) is 0 Å². The van der Waals surface area contributed by atoms with Crippen LogP contribution in [0, 0.1) is 0 Å². The van der Waals surface area contributed by atoms with Gasteiger partial charge in [-0.1, -0.05) is 16.8 Å². The molecule has 0 fully saturated rings. The van der Waals surface area contributed by atoms with Crippen LogP contribution in [0.5, 0.6) is 11.5 Å². The molecule has 2 heterocycles. The summed E-state index contributed by atoms with van der Waals surface area (Å²) in [5.41, 5.74) is 1.80. The number of aromatic nitrogens is 2. The minimum absolute atomic E-state index is 0.521. The van der Waals surface area contributed by atoms with Crippen molar-refractivity contribution in [3.8, 4) is 34.3 Å². The number of rotatable bonds is 4. The summed E-state index contributed by atoms with van der Waals surface area (Å²) in [5, 5.41) is 8.65. The van der Waals surface area contributed by atoms with E-state index in [2.05, 4.69) is 10.1 Å². The third-order valence-corrected chi connectivity index (χ3v) is 4.29. The molecule has 0 aliphatic heterocycles. The second-order valence-corrected chi connectivity index (χ2v) is 6.23. The molecule has 4 aromatic rings. The molecule has 0 aliphatic carbocycles. The predicted molar refractivity (Wildman–Crippen MR) is 94.6 cm³/mol. The van der Waals surface area contributed by atoms with E-state index in [4.69, 9.17) is 20.9 Å². The SMILES string of the molecule is Clc1ccc(Oc2ccc(-c3noc(-c4ccsc4)n3)cc2)cc1. The van der Waals surface area contributed by atoms with Gasteiger partial charge < -0.3 is 9.26 Å². The summed E-state index contributed by atoms with van der Waals surface area (Å²) in [7, 11) is 0. The molecule has 4 nitrogen and oxygen atoms in total. The lowest BCUT2D eigenvalue weighted by atomic mass is 10.2. The van der Waals surface area contributed by atoms with Crippen molar-refractivity contribution in [3.05, 3.63) is 70.4 Å². The maximum absolute atomic E-state index is 5.86. The van der Waals surface area contributed by atoms with E-state index in [0.717, 1.165) is 22.6 Å². The zero-order chi connectivity index (χ0) is 16.4. The number of thiophene rings is 1. The summed E-state index contributed by atoms with van der Waals surface area (Å²) < 4.78 is 11.1. The summed E-state index contributed by atoms with van der Waals surface area (Å²) in [6.07, 6.45) is 0. The lowest BCUT2D eigenvalue weighted by Gasteiger charge is -2.05. The molecule has 0 amide bonds. The summed E-state index contributed by atoms with van der Waals surface area (Å²) >= 11 is 7.46. The highest BCUT2D eigenvalue weighted by Crippen LogP contribution is 2.27.